The van der Waals surface area contributed by atoms with Gasteiger partial charge in [-0.3, -0.25) is 19.5 Å². The quantitative estimate of drug-likeness (QED) is 0.411. The van der Waals surface area contributed by atoms with E-state index in [9.17, 15) is 19.5 Å². The van der Waals surface area contributed by atoms with Crippen molar-refractivity contribution in [3.05, 3.63) is 74.8 Å². The molecular weight excluding hydrogens is 434 g/mol. The Morgan fingerprint density at radius 2 is 1.68 bits per heavy atom. The van der Waals surface area contributed by atoms with Crippen molar-refractivity contribution in [2.75, 3.05) is 24.7 Å². The monoisotopic (exact) mass is 463 g/mol. The van der Waals surface area contributed by atoms with Crippen molar-refractivity contribution in [2.24, 2.45) is 0 Å². The first-order valence-corrected chi connectivity index (χ1v) is 11.4. The van der Waals surface area contributed by atoms with Crippen LogP contribution in [0.1, 0.15) is 48.5 Å². The molecule has 178 valence electrons. The number of phenolic OH excluding ortho intramolecular Hbond substituents is 1. The second-order valence-electron chi connectivity index (χ2n) is 8.68. The van der Waals surface area contributed by atoms with Gasteiger partial charge in [-0.15, -0.1) is 0 Å². The van der Waals surface area contributed by atoms with Gasteiger partial charge in [0, 0.05) is 19.8 Å². The minimum Gasteiger partial charge on any atom is -0.505 e. The molecule has 1 aromatic heterocycles. The van der Waals surface area contributed by atoms with Crippen LogP contribution in [0, 0.1) is 0 Å². The van der Waals surface area contributed by atoms with Gasteiger partial charge in [-0.2, -0.15) is 0 Å². The Bertz CT molecular complexity index is 1290. The van der Waals surface area contributed by atoms with Crippen LogP contribution in [0.3, 0.4) is 0 Å². The highest BCUT2D eigenvalue weighted by Crippen LogP contribution is 2.33. The zero-order valence-electron chi connectivity index (χ0n) is 19.3. The second-order valence-corrected chi connectivity index (χ2v) is 8.68. The summed E-state index contributed by atoms with van der Waals surface area (Å²) in [4.78, 5) is 40.6. The van der Waals surface area contributed by atoms with E-state index in [1.165, 1.54) is 15.6 Å². The molecule has 0 bridgehead atoms. The minimum atomic E-state index is -0.462. The SMILES string of the molecule is CN(C)C(=O)c1cccc(Nc2c(Nc3ccccc3)c(=O)[nH]n(C3CCCCC3)c2=O)c1O. The maximum absolute atomic E-state index is 13.6. The molecule has 34 heavy (non-hydrogen) atoms. The molecule has 1 aliphatic carbocycles. The largest absolute Gasteiger partial charge is 0.505 e. The van der Waals surface area contributed by atoms with Gasteiger partial charge in [0.25, 0.3) is 17.0 Å². The minimum absolute atomic E-state index is 0.00271. The fourth-order valence-electron chi connectivity index (χ4n) is 4.25. The van der Waals surface area contributed by atoms with E-state index in [-0.39, 0.29) is 40.3 Å². The number of aromatic amines is 1. The number of anilines is 4. The summed E-state index contributed by atoms with van der Waals surface area (Å²) in [5, 5.41) is 19.5. The number of hydrogen-bond acceptors (Lipinski definition) is 6. The molecule has 0 aliphatic heterocycles. The molecule has 0 radical (unpaired) electrons. The van der Waals surface area contributed by atoms with Gasteiger partial charge in [0.1, 0.15) is 11.4 Å². The number of aromatic nitrogens is 2. The molecule has 0 saturated heterocycles. The summed E-state index contributed by atoms with van der Waals surface area (Å²) < 4.78 is 1.39. The molecule has 1 saturated carbocycles. The van der Waals surface area contributed by atoms with Crippen LogP contribution >= 0.6 is 0 Å². The fourth-order valence-corrected chi connectivity index (χ4v) is 4.25. The Morgan fingerprint density at radius 3 is 2.35 bits per heavy atom. The standard InChI is InChI=1S/C25H29N5O4/c1-29(2)24(33)18-14-9-15-19(22(18)31)27-21-20(26-16-10-5-3-6-11-16)23(32)28-30(25(21)34)17-12-7-4-8-13-17/h3,5-6,9-11,14-15,17,26-27,31H,4,7-8,12-13H2,1-2H3,(H,28,32). The van der Waals surface area contributed by atoms with Gasteiger partial charge in [-0.25, -0.2) is 4.68 Å². The van der Waals surface area contributed by atoms with Gasteiger partial charge < -0.3 is 20.6 Å². The number of carbonyl (C=O) groups excluding carboxylic acids is 1. The zero-order chi connectivity index (χ0) is 24.2. The van der Waals surface area contributed by atoms with E-state index in [4.69, 9.17) is 0 Å². The molecule has 9 heteroatoms. The van der Waals surface area contributed by atoms with Crippen LogP contribution in [0.4, 0.5) is 22.7 Å². The van der Waals surface area contributed by atoms with Crippen molar-refractivity contribution in [3.8, 4) is 5.75 Å². The highest BCUT2D eigenvalue weighted by molar-refractivity contribution is 5.98. The number of benzene rings is 2. The maximum atomic E-state index is 13.6. The number of nitrogens with zero attached hydrogens (tertiary/aromatic N) is 2. The normalized spacial score (nSPS) is 13.9. The van der Waals surface area contributed by atoms with Gasteiger partial charge in [-0.05, 0) is 37.1 Å². The summed E-state index contributed by atoms with van der Waals surface area (Å²) in [6.45, 7) is 0. The number of carbonyl (C=O) groups is 1. The Balaban J connectivity index is 1.83. The number of H-pyrrole nitrogens is 1. The molecule has 9 nitrogen and oxygen atoms in total. The summed E-state index contributed by atoms with van der Waals surface area (Å²) in [6.07, 6.45) is 4.69. The fraction of sp³-hybridized carbons (Fsp3) is 0.320. The van der Waals surface area contributed by atoms with Gasteiger partial charge in [0.05, 0.1) is 17.3 Å². The van der Waals surface area contributed by atoms with E-state index in [2.05, 4.69) is 15.7 Å². The average molecular weight is 464 g/mol. The third-order valence-electron chi connectivity index (χ3n) is 6.05. The molecule has 4 rings (SSSR count). The highest BCUT2D eigenvalue weighted by atomic mass is 16.3. The predicted molar refractivity (Wildman–Crippen MR) is 133 cm³/mol. The van der Waals surface area contributed by atoms with Crippen LogP contribution < -0.4 is 21.8 Å². The van der Waals surface area contributed by atoms with Crippen molar-refractivity contribution in [1.82, 2.24) is 14.7 Å². The lowest BCUT2D eigenvalue weighted by atomic mass is 9.95. The number of amides is 1. The van der Waals surface area contributed by atoms with Gasteiger partial charge in [0.15, 0.2) is 5.75 Å². The number of aromatic hydroxyl groups is 1. The number of hydrogen-bond donors (Lipinski definition) is 4. The Morgan fingerprint density at radius 1 is 0.971 bits per heavy atom. The second kappa shape index (κ2) is 9.86. The zero-order valence-corrected chi connectivity index (χ0v) is 19.3. The summed E-state index contributed by atoms with van der Waals surface area (Å²) in [5.41, 5.74) is 0.0403. The Hall–Kier alpha value is -4.01. The van der Waals surface area contributed by atoms with Crippen molar-refractivity contribution >= 4 is 28.7 Å². The molecule has 0 unspecified atom stereocenters. The molecule has 1 amide bonds. The van der Waals surface area contributed by atoms with Crippen molar-refractivity contribution in [1.29, 1.82) is 0 Å². The lowest BCUT2D eigenvalue weighted by Crippen LogP contribution is -2.36. The first-order chi connectivity index (χ1) is 16.4. The summed E-state index contributed by atoms with van der Waals surface area (Å²) in [6, 6.07) is 13.6. The molecular formula is C25H29N5O4. The average Bonchev–Trinajstić information content (AvgIpc) is 2.85. The van der Waals surface area contributed by atoms with Crippen LogP contribution in [-0.2, 0) is 0 Å². The molecule has 1 heterocycles. The molecule has 3 aromatic rings. The first kappa shape index (κ1) is 23.2. The van der Waals surface area contributed by atoms with Gasteiger partial charge in [0.2, 0.25) is 0 Å². The lowest BCUT2D eigenvalue weighted by molar-refractivity contribution is 0.0824. The van der Waals surface area contributed by atoms with Crippen LogP contribution in [0.2, 0.25) is 0 Å². The van der Waals surface area contributed by atoms with E-state index < -0.39 is 11.1 Å². The van der Waals surface area contributed by atoms with E-state index >= 15 is 0 Å². The van der Waals surface area contributed by atoms with Crippen molar-refractivity contribution < 1.29 is 9.90 Å². The van der Waals surface area contributed by atoms with Crippen molar-refractivity contribution in [2.45, 2.75) is 38.1 Å². The van der Waals surface area contributed by atoms with Gasteiger partial charge in [-0.1, -0.05) is 43.5 Å². The summed E-state index contributed by atoms with van der Waals surface area (Å²) in [7, 11) is 3.17. The van der Waals surface area contributed by atoms with E-state index in [1.807, 2.05) is 18.2 Å². The molecule has 1 aliphatic rings. The van der Waals surface area contributed by atoms with Crippen molar-refractivity contribution in [3.63, 3.8) is 0 Å². The summed E-state index contributed by atoms with van der Waals surface area (Å²) >= 11 is 0. The van der Waals surface area contributed by atoms with Crippen LogP contribution in [0.5, 0.6) is 5.75 Å². The highest BCUT2D eigenvalue weighted by Gasteiger charge is 2.24. The topological polar surface area (TPSA) is 119 Å². The number of nitrogens with one attached hydrogen (secondary N) is 3. The number of rotatable bonds is 6. The number of phenols is 1. The van der Waals surface area contributed by atoms with Crippen LogP contribution in [-0.4, -0.2) is 39.8 Å². The van der Waals surface area contributed by atoms with E-state index in [1.54, 1.807) is 38.4 Å². The maximum Gasteiger partial charge on any atom is 0.291 e. The molecule has 2 aromatic carbocycles. The lowest BCUT2D eigenvalue weighted by Gasteiger charge is -2.25. The molecule has 0 atom stereocenters. The smallest absolute Gasteiger partial charge is 0.291 e. The Labute approximate surface area is 197 Å². The van der Waals surface area contributed by atoms with Crippen LogP contribution in [0.25, 0.3) is 0 Å². The number of para-hydroxylation sites is 2. The van der Waals surface area contributed by atoms with Gasteiger partial charge >= 0.3 is 0 Å². The van der Waals surface area contributed by atoms with Crippen LogP contribution in [0.15, 0.2) is 58.1 Å². The third kappa shape index (κ3) is 4.68. The Kier molecular flexibility index (Phi) is 6.72. The van der Waals surface area contributed by atoms with E-state index in [0.717, 1.165) is 32.1 Å². The molecule has 4 N–H and O–H groups in total. The molecule has 1 fully saturated rings. The first-order valence-electron chi connectivity index (χ1n) is 11.4. The summed E-state index contributed by atoms with van der Waals surface area (Å²) in [5.74, 6) is -0.676. The van der Waals surface area contributed by atoms with E-state index in [0.29, 0.717) is 5.69 Å². The predicted octanol–water partition coefficient (Wildman–Crippen LogP) is 3.94. The third-order valence-corrected chi connectivity index (χ3v) is 6.05. The molecule has 0 spiro atoms.